The van der Waals surface area contributed by atoms with Gasteiger partial charge >= 0.3 is 0 Å². The molecule has 0 atom stereocenters. The maximum Gasteiger partial charge on any atom is 0.193 e. The number of nitrogens with one attached hydrogen (secondary N) is 1. The van der Waals surface area contributed by atoms with Crippen molar-refractivity contribution in [1.82, 2.24) is 0 Å². The first-order valence-electron chi connectivity index (χ1n) is 5.90. The lowest BCUT2D eigenvalue weighted by molar-refractivity contribution is 0.185. The van der Waals surface area contributed by atoms with E-state index in [0.29, 0.717) is 25.7 Å². The maximum atomic E-state index is 5.81. The van der Waals surface area contributed by atoms with E-state index in [2.05, 4.69) is 10.3 Å². The molecule has 5 heteroatoms. The zero-order valence-corrected chi connectivity index (χ0v) is 11.0. The Bertz CT molecular complexity index is 380. The SMILES string of the molecule is COCCCN=C(N)Nc1ccccc1COC. The Balaban J connectivity index is 2.55. The Kier molecular flexibility index (Phi) is 6.83. The van der Waals surface area contributed by atoms with Crippen LogP contribution < -0.4 is 11.1 Å². The van der Waals surface area contributed by atoms with Gasteiger partial charge < -0.3 is 20.5 Å². The predicted molar refractivity (Wildman–Crippen MR) is 73.8 cm³/mol. The van der Waals surface area contributed by atoms with Crippen LogP contribution in [0.2, 0.25) is 0 Å². The van der Waals surface area contributed by atoms with Gasteiger partial charge in [0.2, 0.25) is 0 Å². The molecule has 0 unspecified atom stereocenters. The standard InChI is InChI=1S/C13H21N3O2/c1-17-9-5-8-15-13(14)16-12-7-4-3-6-11(12)10-18-2/h3-4,6-7H,5,8-10H2,1-2H3,(H3,14,15,16). The summed E-state index contributed by atoms with van der Waals surface area (Å²) in [6, 6.07) is 7.85. The van der Waals surface area contributed by atoms with E-state index in [1.165, 1.54) is 0 Å². The largest absolute Gasteiger partial charge is 0.385 e. The fraction of sp³-hybridized carbons (Fsp3) is 0.462. The molecule has 0 saturated carbocycles. The number of anilines is 1. The molecule has 3 N–H and O–H groups in total. The summed E-state index contributed by atoms with van der Waals surface area (Å²) in [5, 5.41) is 3.08. The van der Waals surface area contributed by atoms with Crippen LogP contribution in [0.1, 0.15) is 12.0 Å². The summed E-state index contributed by atoms with van der Waals surface area (Å²) in [4.78, 5) is 4.22. The second-order valence-electron chi connectivity index (χ2n) is 3.83. The number of rotatable bonds is 7. The molecule has 0 bridgehead atoms. The van der Waals surface area contributed by atoms with Gasteiger partial charge in [0.1, 0.15) is 0 Å². The molecule has 0 fully saturated rings. The van der Waals surface area contributed by atoms with Crippen LogP contribution in [-0.4, -0.2) is 33.3 Å². The molecule has 18 heavy (non-hydrogen) atoms. The van der Waals surface area contributed by atoms with E-state index in [0.717, 1.165) is 17.7 Å². The fourth-order valence-electron chi connectivity index (χ4n) is 1.51. The van der Waals surface area contributed by atoms with Gasteiger partial charge in [0.25, 0.3) is 0 Å². The average molecular weight is 251 g/mol. The Labute approximate surface area is 108 Å². The Hall–Kier alpha value is -1.59. The number of guanidine groups is 1. The Morgan fingerprint density at radius 1 is 1.28 bits per heavy atom. The van der Waals surface area contributed by atoms with Crippen LogP contribution in [0.25, 0.3) is 0 Å². The first-order chi connectivity index (χ1) is 8.77. The molecular weight excluding hydrogens is 230 g/mol. The minimum Gasteiger partial charge on any atom is -0.385 e. The minimum atomic E-state index is 0.412. The van der Waals surface area contributed by atoms with Gasteiger partial charge in [-0.05, 0) is 12.5 Å². The fourth-order valence-corrected chi connectivity index (χ4v) is 1.51. The molecule has 0 amide bonds. The Morgan fingerprint density at radius 2 is 2.06 bits per heavy atom. The highest BCUT2D eigenvalue weighted by molar-refractivity contribution is 5.92. The number of nitrogens with zero attached hydrogens (tertiary/aromatic N) is 1. The number of hydrogen-bond acceptors (Lipinski definition) is 3. The van der Waals surface area contributed by atoms with Gasteiger partial charge in [0.05, 0.1) is 6.61 Å². The third-order valence-corrected chi connectivity index (χ3v) is 2.37. The van der Waals surface area contributed by atoms with Gasteiger partial charge in [0, 0.05) is 38.6 Å². The van der Waals surface area contributed by atoms with Crippen LogP contribution in [0.3, 0.4) is 0 Å². The molecule has 0 aromatic heterocycles. The van der Waals surface area contributed by atoms with Gasteiger partial charge in [-0.3, -0.25) is 4.99 Å². The van der Waals surface area contributed by atoms with E-state index in [4.69, 9.17) is 15.2 Å². The predicted octanol–water partition coefficient (Wildman–Crippen LogP) is 1.60. The van der Waals surface area contributed by atoms with Gasteiger partial charge in [-0.15, -0.1) is 0 Å². The summed E-state index contributed by atoms with van der Waals surface area (Å²) >= 11 is 0. The van der Waals surface area contributed by atoms with Crippen molar-refractivity contribution in [3.63, 3.8) is 0 Å². The summed E-state index contributed by atoms with van der Waals surface area (Å²) < 4.78 is 10.1. The quantitative estimate of drug-likeness (QED) is 0.439. The third-order valence-electron chi connectivity index (χ3n) is 2.37. The average Bonchev–Trinajstić information content (AvgIpc) is 2.37. The molecule has 0 aliphatic carbocycles. The molecule has 0 heterocycles. The lowest BCUT2D eigenvalue weighted by atomic mass is 10.2. The van der Waals surface area contributed by atoms with E-state index in [9.17, 15) is 0 Å². The molecular formula is C13H21N3O2. The molecule has 1 aromatic carbocycles. The topological polar surface area (TPSA) is 68.9 Å². The molecule has 1 rings (SSSR count). The number of aliphatic imine (C=N–C) groups is 1. The van der Waals surface area contributed by atoms with E-state index < -0.39 is 0 Å². The van der Waals surface area contributed by atoms with E-state index in [1.54, 1.807) is 14.2 Å². The maximum absolute atomic E-state index is 5.81. The summed E-state index contributed by atoms with van der Waals surface area (Å²) in [5.41, 5.74) is 7.78. The number of benzene rings is 1. The number of hydrogen-bond donors (Lipinski definition) is 2. The first-order valence-corrected chi connectivity index (χ1v) is 5.90. The van der Waals surface area contributed by atoms with Crippen molar-refractivity contribution in [2.24, 2.45) is 10.7 Å². The van der Waals surface area contributed by atoms with Gasteiger partial charge in [0.15, 0.2) is 5.96 Å². The highest BCUT2D eigenvalue weighted by Crippen LogP contribution is 2.15. The molecule has 0 saturated heterocycles. The zero-order valence-electron chi connectivity index (χ0n) is 11.0. The lowest BCUT2D eigenvalue weighted by Crippen LogP contribution is -2.23. The molecule has 5 nitrogen and oxygen atoms in total. The second kappa shape index (κ2) is 8.49. The van der Waals surface area contributed by atoms with Crippen LogP contribution in [0.5, 0.6) is 0 Å². The van der Waals surface area contributed by atoms with E-state index >= 15 is 0 Å². The monoisotopic (exact) mass is 251 g/mol. The molecule has 0 radical (unpaired) electrons. The van der Waals surface area contributed by atoms with Crippen molar-refractivity contribution < 1.29 is 9.47 Å². The van der Waals surface area contributed by atoms with Gasteiger partial charge in [-0.2, -0.15) is 0 Å². The highest BCUT2D eigenvalue weighted by Gasteiger charge is 2.01. The van der Waals surface area contributed by atoms with Crippen molar-refractivity contribution in [2.75, 3.05) is 32.7 Å². The van der Waals surface area contributed by atoms with Crippen LogP contribution in [-0.2, 0) is 16.1 Å². The lowest BCUT2D eigenvalue weighted by Gasteiger charge is -2.10. The van der Waals surface area contributed by atoms with E-state index in [1.807, 2.05) is 24.3 Å². The van der Waals surface area contributed by atoms with Crippen LogP contribution in [0, 0.1) is 0 Å². The molecule has 0 aliphatic heterocycles. The highest BCUT2D eigenvalue weighted by atomic mass is 16.5. The summed E-state index contributed by atoms with van der Waals surface area (Å²) in [5.74, 6) is 0.412. The van der Waals surface area contributed by atoms with E-state index in [-0.39, 0.29) is 0 Å². The van der Waals surface area contributed by atoms with Crippen molar-refractivity contribution >= 4 is 11.6 Å². The van der Waals surface area contributed by atoms with Crippen LogP contribution in [0.15, 0.2) is 29.3 Å². The van der Waals surface area contributed by atoms with Gasteiger partial charge in [-0.25, -0.2) is 0 Å². The third kappa shape index (κ3) is 5.16. The summed E-state index contributed by atoms with van der Waals surface area (Å²) in [7, 11) is 3.34. The Morgan fingerprint density at radius 3 is 2.78 bits per heavy atom. The zero-order chi connectivity index (χ0) is 13.2. The van der Waals surface area contributed by atoms with Gasteiger partial charge in [-0.1, -0.05) is 18.2 Å². The molecule has 0 aliphatic rings. The van der Waals surface area contributed by atoms with Crippen molar-refractivity contribution in [3.8, 4) is 0 Å². The molecule has 100 valence electrons. The van der Waals surface area contributed by atoms with Crippen molar-refractivity contribution in [3.05, 3.63) is 29.8 Å². The smallest absolute Gasteiger partial charge is 0.193 e. The minimum absolute atomic E-state index is 0.412. The first kappa shape index (κ1) is 14.5. The van der Waals surface area contributed by atoms with Crippen molar-refractivity contribution in [2.45, 2.75) is 13.0 Å². The molecule has 0 spiro atoms. The number of methoxy groups -OCH3 is 2. The molecule has 1 aromatic rings. The van der Waals surface area contributed by atoms with Crippen LogP contribution >= 0.6 is 0 Å². The second-order valence-corrected chi connectivity index (χ2v) is 3.83. The van der Waals surface area contributed by atoms with Crippen molar-refractivity contribution in [1.29, 1.82) is 0 Å². The normalized spacial score (nSPS) is 11.6. The number of para-hydroxylation sites is 1. The number of nitrogens with two attached hydrogens (primary N) is 1. The summed E-state index contributed by atoms with van der Waals surface area (Å²) in [6.45, 7) is 1.89. The number of ether oxygens (including phenoxy) is 2. The van der Waals surface area contributed by atoms with Crippen LogP contribution in [0.4, 0.5) is 5.69 Å². The summed E-state index contributed by atoms with van der Waals surface area (Å²) in [6.07, 6.45) is 0.860.